The van der Waals surface area contributed by atoms with E-state index in [0.717, 1.165) is 16.7 Å². The number of benzene rings is 2. The van der Waals surface area contributed by atoms with Crippen molar-refractivity contribution in [1.82, 2.24) is 0 Å². The lowest BCUT2D eigenvalue weighted by Crippen LogP contribution is -2.30. The summed E-state index contributed by atoms with van der Waals surface area (Å²) >= 11 is 0. The average molecular weight is 355 g/mol. The van der Waals surface area contributed by atoms with E-state index >= 15 is 0 Å². The van der Waals surface area contributed by atoms with Gasteiger partial charge in [0.2, 0.25) is 0 Å². The van der Waals surface area contributed by atoms with Crippen LogP contribution in [0, 0.1) is 20.8 Å². The quantitative estimate of drug-likeness (QED) is 0.789. The minimum Gasteiger partial charge on any atom is -0.481 e. The summed E-state index contributed by atoms with van der Waals surface area (Å²) < 4.78 is 10.8. The number of aryl methyl sites for hydroxylation is 2. The topological polar surface area (TPSA) is 64.6 Å². The van der Waals surface area contributed by atoms with Crippen molar-refractivity contribution in [3.8, 4) is 5.75 Å². The Bertz CT molecular complexity index is 814. The molecule has 0 aliphatic heterocycles. The van der Waals surface area contributed by atoms with Crippen LogP contribution in [0.25, 0.3) is 0 Å². The molecule has 0 spiro atoms. The maximum absolute atomic E-state index is 12.5. The van der Waals surface area contributed by atoms with Crippen LogP contribution in [0.5, 0.6) is 5.75 Å². The Morgan fingerprint density at radius 1 is 1.08 bits per heavy atom. The van der Waals surface area contributed by atoms with Gasteiger partial charge < -0.3 is 14.8 Å². The molecule has 0 heterocycles. The Balaban J connectivity index is 2.12. The van der Waals surface area contributed by atoms with Gasteiger partial charge in [-0.25, -0.2) is 4.79 Å². The lowest BCUT2D eigenvalue weighted by atomic mass is 10.1. The standard InChI is InChI=1S/C21H25NO4/c1-6-25-21(24)17-11-10-14(3)18(12-17)22-20(23)16(5)26-19-9-7-8-13(2)15(19)4/h7-12,16H,6H2,1-5H3,(H,22,23). The van der Waals surface area contributed by atoms with Crippen LogP contribution in [-0.4, -0.2) is 24.6 Å². The lowest BCUT2D eigenvalue weighted by Gasteiger charge is -2.18. The van der Waals surface area contributed by atoms with Gasteiger partial charge in [0.15, 0.2) is 6.10 Å². The summed E-state index contributed by atoms with van der Waals surface area (Å²) in [5.74, 6) is -0.0117. The number of hydrogen-bond acceptors (Lipinski definition) is 4. The molecule has 2 aromatic carbocycles. The molecule has 26 heavy (non-hydrogen) atoms. The molecule has 0 bridgehead atoms. The van der Waals surface area contributed by atoms with Gasteiger partial charge in [0.25, 0.3) is 5.91 Å². The normalized spacial score (nSPS) is 11.6. The van der Waals surface area contributed by atoms with Crippen molar-refractivity contribution in [2.75, 3.05) is 11.9 Å². The van der Waals surface area contributed by atoms with Gasteiger partial charge in [-0.15, -0.1) is 0 Å². The van der Waals surface area contributed by atoms with Crippen LogP contribution in [0.15, 0.2) is 36.4 Å². The summed E-state index contributed by atoms with van der Waals surface area (Å²) in [4.78, 5) is 24.4. The van der Waals surface area contributed by atoms with Crippen molar-refractivity contribution in [2.24, 2.45) is 0 Å². The van der Waals surface area contributed by atoms with Crippen molar-refractivity contribution in [2.45, 2.75) is 40.7 Å². The van der Waals surface area contributed by atoms with E-state index in [1.54, 1.807) is 32.0 Å². The fraction of sp³-hybridized carbons (Fsp3) is 0.333. The fourth-order valence-electron chi connectivity index (χ4n) is 2.43. The van der Waals surface area contributed by atoms with Gasteiger partial charge in [-0.1, -0.05) is 18.2 Å². The van der Waals surface area contributed by atoms with Gasteiger partial charge in [0.05, 0.1) is 12.2 Å². The van der Waals surface area contributed by atoms with E-state index < -0.39 is 12.1 Å². The third-order valence-corrected chi connectivity index (χ3v) is 4.23. The molecule has 0 aliphatic rings. The van der Waals surface area contributed by atoms with Crippen molar-refractivity contribution < 1.29 is 19.1 Å². The summed E-state index contributed by atoms with van der Waals surface area (Å²) in [7, 11) is 0. The predicted octanol–water partition coefficient (Wildman–Crippen LogP) is 4.19. The second-order valence-electron chi connectivity index (χ2n) is 6.20. The number of hydrogen-bond donors (Lipinski definition) is 1. The number of carbonyl (C=O) groups is 2. The van der Waals surface area contributed by atoms with Crippen molar-refractivity contribution >= 4 is 17.6 Å². The first-order valence-electron chi connectivity index (χ1n) is 8.65. The van der Waals surface area contributed by atoms with E-state index in [1.165, 1.54) is 0 Å². The Hall–Kier alpha value is -2.82. The highest BCUT2D eigenvalue weighted by molar-refractivity contribution is 5.97. The Kier molecular flexibility index (Phi) is 6.39. The first-order valence-corrected chi connectivity index (χ1v) is 8.65. The van der Waals surface area contributed by atoms with Crippen molar-refractivity contribution in [3.05, 3.63) is 58.7 Å². The molecule has 0 radical (unpaired) electrons. The highest BCUT2D eigenvalue weighted by Gasteiger charge is 2.18. The SMILES string of the molecule is CCOC(=O)c1ccc(C)c(NC(=O)C(C)Oc2cccc(C)c2C)c1. The van der Waals surface area contributed by atoms with Crippen LogP contribution in [0.4, 0.5) is 5.69 Å². The molecule has 0 aliphatic carbocycles. The first kappa shape index (κ1) is 19.5. The molecule has 2 rings (SSSR count). The van der Waals surface area contributed by atoms with E-state index in [4.69, 9.17) is 9.47 Å². The molecule has 1 atom stereocenters. The molecule has 138 valence electrons. The maximum atomic E-state index is 12.5. The Labute approximate surface area is 154 Å². The highest BCUT2D eigenvalue weighted by atomic mass is 16.5. The van der Waals surface area contributed by atoms with E-state index in [1.807, 2.05) is 39.0 Å². The third-order valence-electron chi connectivity index (χ3n) is 4.23. The van der Waals surface area contributed by atoms with E-state index in [-0.39, 0.29) is 5.91 Å². The molecular weight excluding hydrogens is 330 g/mol. The molecule has 1 amide bonds. The average Bonchev–Trinajstić information content (AvgIpc) is 2.60. The summed E-state index contributed by atoms with van der Waals surface area (Å²) in [6.07, 6.45) is -0.679. The summed E-state index contributed by atoms with van der Waals surface area (Å²) in [5.41, 5.74) is 3.93. The number of anilines is 1. The number of amides is 1. The van der Waals surface area contributed by atoms with Crippen molar-refractivity contribution in [3.63, 3.8) is 0 Å². The van der Waals surface area contributed by atoms with Gasteiger partial charge in [-0.2, -0.15) is 0 Å². The summed E-state index contributed by atoms with van der Waals surface area (Å²) in [6.45, 7) is 9.57. The second-order valence-corrected chi connectivity index (χ2v) is 6.20. The molecular formula is C21H25NO4. The van der Waals surface area contributed by atoms with Crippen LogP contribution in [-0.2, 0) is 9.53 Å². The summed E-state index contributed by atoms with van der Waals surface area (Å²) in [6, 6.07) is 10.8. The number of carbonyl (C=O) groups excluding carboxylic acids is 2. The molecule has 1 unspecified atom stereocenters. The van der Waals surface area contributed by atoms with E-state index in [2.05, 4.69) is 5.32 Å². The van der Waals surface area contributed by atoms with Crippen LogP contribution in [0.3, 0.4) is 0 Å². The van der Waals surface area contributed by atoms with Gasteiger partial charge in [-0.3, -0.25) is 4.79 Å². The van der Waals surface area contributed by atoms with Gasteiger partial charge in [-0.05, 0) is 69.5 Å². The monoisotopic (exact) mass is 355 g/mol. The molecule has 0 saturated heterocycles. The highest BCUT2D eigenvalue weighted by Crippen LogP contribution is 2.23. The summed E-state index contributed by atoms with van der Waals surface area (Å²) in [5, 5.41) is 2.83. The zero-order chi connectivity index (χ0) is 19.3. The minimum atomic E-state index is -0.679. The zero-order valence-electron chi connectivity index (χ0n) is 15.9. The molecule has 5 heteroatoms. The van der Waals surface area contributed by atoms with E-state index in [9.17, 15) is 9.59 Å². The number of rotatable bonds is 6. The maximum Gasteiger partial charge on any atom is 0.338 e. The van der Waals surface area contributed by atoms with Crippen LogP contribution in [0.2, 0.25) is 0 Å². The van der Waals surface area contributed by atoms with Gasteiger partial charge in [0.1, 0.15) is 5.75 Å². The second kappa shape index (κ2) is 8.52. The molecule has 2 aromatic rings. The molecule has 1 N–H and O–H groups in total. The number of esters is 1. The molecule has 0 aromatic heterocycles. The smallest absolute Gasteiger partial charge is 0.338 e. The van der Waals surface area contributed by atoms with Crippen LogP contribution in [0.1, 0.15) is 40.9 Å². The van der Waals surface area contributed by atoms with Gasteiger partial charge in [0, 0.05) is 5.69 Å². The van der Waals surface area contributed by atoms with E-state index in [0.29, 0.717) is 23.6 Å². The Morgan fingerprint density at radius 3 is 2.50 bits per heavy atom. The first-order chi connectivity index (χ1) is 12.3. The van der Waals surface area contributed by atoms with Crippen molar-refractivity contribution in [1.29, 1.82) is 0 Å². The molecule has 0 fully saturated rings. The van der Waals surface area contributed by atoms with Crippen LogP contribution >= 0.6 is 0 Å². The zero-order valence-corrected chi connectivity index (χ0v) is 15.9. The Morgan fingerprint density at radius 2 is 1.81 bits per heavy atom. The lowest BCUT2D eigenvalue weighted by molar-refractivity contribution is -0.122. The molecule has 5 nitrogen and oxygen atoms in total. The third kappa shape index (κ3) is 4.63. The van der Waals surface area contributed by atoms with Gasteiger partial charge >= 0.3 is 5.97 Å². The van der Waals surface area contributed by atoms with Crippen LogP contribution < -0.4 is 10.1 Å². The predicted molar refractivity (Wildman–Crippen MR) is 102 cm³/mol. The minimum absolute atomic E-state index is 0.282. The fourth-order valence-corrected chi connectivity index (χ4v) is 2.43. The largest absolute Gasteiger partial charge is 0.481 e. The number of ether oxygens (including phenoxy) is 2. The molecule has 0 saturated carbocycles. The number of nitrogens with one attached hydrogen (secondary N) is 1.